The number of likely N-dealkylation sites (N-methyl/N-ethyl adjacent to an activating group) is 1. The largest absolute Gasteiger partial charge is 0.756 e. The van der Waals surface area contributed by atoms with Gasteiger partial charge in [-0.3, -0.25) is 14.2 Å². The molecule has 0 amide bonds. The van der Waals surface area contributed by atoms with E-state index < -0.39 is 32.5 Å². The summed E-state index contributed by atoms with van der Waals surface area (Å²) in [5.74, 6) is -0.885. The Hall–Kier alpha value is -2.55. The maximum atomic E-state index is 12.7. The van der Waals surface area contributed by atoms with Gasteiger partial charge in [-0.2, -0.15) is 0 Å². The van der Waals surface area contributed by atoms with E-state index in [0.29, 0.717) is 23.9 Å². The summed E-state index contributed by atoms with van der Waals surface area (Å²) in [4.78, 5) is 37.6. The molecule has 0 radical (unpaired) electrons. The fourth-order valence-electron chi connectivity index (χ4n) is 5.62. The Morgan fingerprint density at radius 2 is 0.966 bits per heavy atom. The van der Waals surface area contributed by atoms with Crippen molar-refractivity contribution >= 4 is 19.8 Å². The molecule has 1 unspecified atom stereocenters. The van der Waals surface area contributed by atoms with Gasteiger partial charge in [-0.05, 0) is 83.5 Å². The molecule has 0 aromatic heterocycles. The van der Waals surface area contributed by atoms with Crippen molar-refractivity contribution in [2.24, 2.45) is 0 Å². The van der Waals surface area contributed by atoms with Crippen LogP contribution in [-0.2, 0) is 32.7 Å². The highest BCUT2D eigenvalue weighted by Gasteiger charge is 2.21. The van der Waals surface area contributed by atoms with Crippen LogP contribution < -0.4 is 4.89 Å². The molecule has 0 spiro atoms. The van der Waals surface area contributed by atoms with Crippen LogP contribution in [0.4, 0.5) is 0 Å². The standard InChI is InChI=1S/C48H84NO8P/c1-6-8-10-12-14-16-18-20-22-24-26-28-30-32-34-36-38-40-47(50)54-44-46(45-56-58(52,53)55-43-42-49(3,4)5)57-48(51)41-39-37-35-33-31-29-27-25-23-21-19-17-15-13-11-9-7-2/h10,12,15-18,21-24,28,30,46H,6-9,11,13-14,19-20,25-27,29,31-45H2,1-5H3/b12-10+,17-15+,18-16+,23-21+,24-22+,30-28+/t46-/m1/s1. The van der Waals surface area contributed by atoms with E-state index in [0.717, 1.165) is 77.0 Å². The van der Waals surface area contributed by atoms with Crippen molar-refractivity contribution in [1.29, 1.82) is 0 Å². The zero-order valence-electron chi connectivity index (χ0n) is 37.5. The maximum absolute atomic E-state index is 12.7. The summed E-state index contributed by atoms with van der Waals surface area (Å²) in [6.45, 7) is 4.07. The lowest BCUT2D eigenvalue weighted by Gasteiger charge is -2.28. The van der Waals surface area contributed by atoms with E-state index in [-0.39, 0.29) is 26.1 Å². The Balaban J connectivity index is 4.43. The Morgan fingerprint density at radius 3 is 1.47 bits per heavy atom. The second-order valence-electron chi connectivity index (χ2n) is 16.1. The minimum absolute atomic E-state index is 0.0414. The number of esters is 2. The molecule has 334 valence electrons. The van der Waals surface area contributed by atoms with Crippen LogP contribution in [0.25, 0.3) is 0 Å². The first-order chi connectivity index (χ1) is 28.0. The minimum Gasteiger partial charge on any atom is -0.756 e. The average Bonchev–Trinajstić information content (AvgIpc) is 3.17. The number of phosphoric ester groups is 1. The highest BCUT2D eigenvalue weighted by molar-refractivity contribution is 7.45. The molecule has 2 atom stereocenters. The van der Waals surface area contributed by atoms with E-state index in [4.69, 9.17) is 18.5 Å². The molecule has 0 aromatic rings. The minimum atomic E-state index is -4.64. The lowest BCUT2D eigenvalue weighted by Crippen LogP contribution is -2.37. The van der Waals surface area contributed by atoms with Crippen LogP contribution in [-0.4, -0.2) is 70.0 Å². The predicted molar refractivity (Wildman–Crippen MR) is 240 cm³/mol. The Morgan fingerprint density at radius 1 is 0.534 bits per heavy atom. The monoisotopic (exact) mass is 834 g/mol. The number of carbonyl (C=O) groups is 2. The van der Waals surface area contributed by atoms with Gasteiger partial charge in [0.1, 0.15) is 19.8 Å². The molecule has 0 N–H and O–H groups in total. The third kappa shape index (κ3) is 43.0. The van der Waals surface area contributed by atoms with E-state index >= 15 is 0 Å². The van der Waals surface area contributed by atoms with Crippen molar-refractivity contribution in [3.8, 4) is 0 Å². The van der Waals surface area contributed by atoms with Crippen LogP contribution in [0.5, 0.6) is 0 Å². The quantitative estimate of drug-likeness (QED) is 0.0197. The van der Waals surface area contributed by atoms with Gasteiger partial charge in [-0.1, -0.05) is 145 Å². The molecular weight excluding hydrogens is 750 g/mol. The van der Waals surface area contributed by atoms with Gasteiger partial charge in [0.15, 0.2) is 6.10 Å². The zero-order valence-corrected chi connectivity index (χ0v) is 38.4. The van der Waals surface area contributed by atoms with E-state index in [1.165, 1.54) is 51.4 Å². The van der Waals surface area contributed by atoms with Gasteiger partial charge in [-0.25, -0.2) is 0 Å². The summed E-state index contributed by atoms with van der Waals surface area (Å²) in [5, 5.41) is 0. The molecule has 0 aliphatic carbocycles. The number of rotatable bonds is 40. The number of allylic oxidation sites excluding steroid dienone is 12. The third-order valence-electron chi connectivity index (χ3n) is 9.18. The van der Waals surface area contributed by atoms with Gasteiger partial charge >= 0.3 is 11.9 Å². The highest BCUT2D eigenvalue weighted by atomic mass is 31.2. The molecule has 0 saturated heterocycles. The molecular formula is C48H84NO8P. The normalized spacial score (nSPS) is 14.2. The average molecular weight is 834 g/mol. The van der Waals surface area contributed by atoms with E-state index in [9.17, 15) is 19.0 Å². The lowest BCUT2D eigenvalue weighted by molar-refractivity contribution is -0.870. The van der Waals surface area contributed by atoms with Gasteiger partial charge < -0.3 is 27.9 Å². The number of ether oxygens (including phenoxy) is 2. The molecule has 10 heteroatoms. The first kappa shape index (κ1) is 55.5. The number of unbranched alkanes of at least 4 members (excludes halogenated alkanes) is 14. The van der Waals surface area contributed by atoms with Crippen LogP contribution in [0.15, 0.2) is 72.9 Å². The van der Waals surface area contributed by atoms with Gasteiger partial charge in [-0.15, -0.1) is 0 Å². The highest BCUT2D eigenvalue weighted by Crippen LogP contribution is 2.38. The van der Waals surface area contributed by atoms with Crippen molar-refractivity contribution in [3.63, 3.8) is 0 Å². The van der Waals surface area contributed by atoms with Crippen molar-refractivity contribution in [2.75, 3.05) is 47.5 Å². The molecule has 58 heavy (non-hydrogen) atoms. The number of nitrogens with zero attached hydrogens (tertiary/aromatic N) is 1. The fraction of sp³-hybridized carbons (Fsp3) is 0.708. The Kier molecular flexibility index (Phi) is 38.1. The second kappa shape index (κ2) is 39.9. The molecule has 0 fully saturated rings. The third-order valence-corrected chi connectivity index (χ3v) is 10.1. The Labute approximate surface area is 355 Å². The smallest absolute Gasteiger partial charge is 0.306 e. The molecule has 9 nitrogen and oxygen atoms in total. The van der Waals surface area contributed by atoms with Crippen molar-refractivity contribution in [1.82, 2.24) is 0 Å². The molecule has 0 rings (SSSR count). The molecule has 0 aromatic carbocycles. The number of phosphoric acid groups is 1. The van der Waals surface area contributed by atoms with Crippen molar-refractivity contribution in [3.05, 3.63) is 72.9 Å². The molecule has 0 saturated carbocycles. The van der Waals surface area contributed by atoms with Crippen molar-refractivity contribution < 1.29 is 42.1 Å². The zero-order chi connectivity index (χ0) is 42.8. The fourth-order valence-corrected chi connectivity index (χ4v) is 6.34. The van der Waals surface area contributed by atoms with E-state index in [1.54, 1.807) is 0 Å². The first-order valence-electron chi connectivity index (χ1n) is 22.6. The number of hydrogen-bond donors (Lipinski definition) is 0. The summed E-state index contributed by atoms with van der Waals surface area (Å²) >= 11 is 0. The number of hydrogen-bond acceptors (Lipinski definition) is 8. The van der Waals surface area contributed by atoms with Gasteiger partial charge in [0.2, 0.25) is 0 Å². The lowest BCUT2D eigenvalue weighted by atomic mass is 10.1. The van der Waals surface area contributed by atoms with Crippen LogP contribution in [0.2, 0.25) is 0 Å². The van der Waals surface area contributed by atoms with Crippen LogP contribution >= 0.6 is 7.82 Å². The molecule has 0 bridgehead atoms. The van der Waals surface area contributed by atoms with E-state index in [1.807, 2.05) is 21.1 Å². The number of quaternary nitrogens is 1. The van der Waals surface area contributed by atoms with Crippen molar-refractivity contribution in [2.45, 2.75) is 174 Å². The summed E-state index contributed by atoms with van der Waals surface area (Å²) in [6, 6.07) is 0. The number of carbonyl (C=O) groups excluding carboxylic acids is 2. The first-order valence-corrected chi connectivity index (χ1v) is 24.1. The predicted octanol–water partition coefficient (Wildman–Crippen LogP) is 12.4. The maximum Gasteiger partial charge on any atom is 0.306 e. The van der Waals surface area contributed by atoms with Gasteiger partial charge in [0.25, 0.3) is 7.82 Å². The SMILES string of the molecule is CCC/C=C/C/C=C/C/C=C/C/C=C/CCCCCC(=O)OC[C@H](COP(=O)([O-])OCC[N+](C)(C)C)OC(=O)CCCCCCCCC/C=C/C/C=C/CCCCC. The summed E-state index contributed by atoms with van der Waals surface area (Å²) in [6.07, 6.45) is 49.2. The topological polar surface area (TPSA) is 111 Å². The van der Waals surface area contributed by atoms with E-state index in [2.05, 4.69) is 86.8 Å². The molecule has 0 aliphatic heterocycles. The summed E-state index contributed by atoms with van der Waals surface area (Å²) in [5.41, 5.74) is 0. The second-order valence-corrected chi connectivity index (χ2v) is 17.5. The molecule has 0 aliphatic rings. The van der Waals surface area contributed by atoms with Crippen LogP contribution in [0.3, 0.4) is 0 Å². The molecule has 0 heterocycles. The van der Waals surface area contributed by atoms with Crippen LogP contribution in [0, 0.1) is 0 Å². The Bertz CT molecular complexity index is 1220. The summed E-state index contributed by atoms with van der Waals surface area (Å²) < 4.78 is 33.9. The van der Waals surface area contributed by atoms with Gasteiger partial charge in [0.05, 0.1) is 27.7 Å². The summed E-state index contributed by atoms with van der Waals surface area (Å²) in [7, 11) is 1.13. The van der Waals surface area contributed by atoms with Gasteiger partial charge in [0, 0.05) is 12.8 Å². The van der Waals surface area contributed by atoms with Crippen LogP contribution in [0.1, 0.15) is 168 Å².